The maximum absolute atomic E-state index is 10.8. The highest BCUT2D eigenvalue weighted by Gasteiger charge is 2.45. The molecule has 94 valence electrons. The van der Waals surface area contributed by atoms with Crippen molar-refractivity contribution in [3.05, 3.63) is 18.2 Å². The maximum atomic E-state index is 10.8. The van der Waals surface area contributed by atoms with Gasteiger partial charge in [-0.25, -0.2) is 4.98 Å². The number of imidazole rings is 1. The van der Waals surface area contributed by atoms with Crippen LogP contribution in [0.25, 0.3) is 0 Å². The quantitative estimate of drug-likeness (QED) is 0.811. The molecular formula is C14H22N2O. The molecule has 0 bridgehead atoms. The summed E-state index contributed by atoms with van der Waals surface area (Å²) in [6.45, 7) is 0. The summed E-state index contributed by atoms with van der Waals surface area (Å²) in [5.41, 5.74) is -0.108. The molecule has 1 heterocycles. The Balaban J connectivity index is 1.77. The minimum absolute atomic E-state index is 0.567. The molecular weight excluding hydrogens is 212 g/mol. The predicted octanol–water partition coefficient (Wildman–Crippen LogP) is 2.74. The highest BCUT2D eigenvalue weighted by molar-refractivity contribution is 5.08. The Bertz CT molecular complexity index is 394. The van der Waals surface area contributed by atoms with Crippen molar-refractivity contribution in [2.45, 2.75) is 57.0 Å². The number of nitrogens with zero attached hydrogens (tertiary/aromatic N) is 2. The number of hydrogen-bond acceptors (Lipinski definition) is 2. The molecule has 0 amide bonds. The summed E-state index contributed by atoms with van der Waals surface area (Å²) in [6.07, 6.45) is 13.4. The van der Waals surface area contributed by atoms with Crippen LogP contribution in [0.4, 0.5) is 0 Å². The second-order valence-corrected chi connectivity index (χ2v) is 6.10. The van der Waals surface area contributed by atoms with E-state index in [1.807, 2.05) is 17.8 Å². The summed E-state index contributed by atoms with van der Waals surface area (Å²) in [7, 11) is 1.97. The zero-order valence-electron chi connectivity index (χ0n) is 10.7. The fourth-order valence-electron chi connectivity index (χ4n) is 3.86. The second kappa shape index (κ2) is 3.84. The number of aryl methyl sites for hydroxylation is 1. The number of aliphatic hydroxyl groups is 1. The van der Waals surface area contributed by atoms with E-state index in [4.69, 9.17) is 0 Å². The lowest BCUT2D eigenvalue weighted by Crippen LogP contribution is -2.37. The van der Waals surface area contributed by atoms with Gasteiger partial charge in [0, 0.05) is 19.4 Å². The van der Waals surface area contributed by atoms with Gasteiger partial charge in [0.2, 0.25) is 0 Å². The lowest BCUT2D eigenvalue weighted by molar-refractivity contribution is -0.0461. The van der Waals surface area contributed by atoms with E-state index in [0.29, 0.717) is 5.41 Å². The van der Waals surface area contributed by atoms with Crippen LogP contribution in [-0.2, 0) is 12.6 Å². The third-order valence-electron chi connectivity index (χ3n) is 5.04. The average Bonchev–Trinajstić information content (AvgIpc) is 2.94. The van der Waals surface area contributed by atoms with E-state index in [-0.39, 0.29) is 0 Å². The molecule has 2 aliphatic carbocycles. The van der Waals surface area contributed by atoms with E-state index >= 15 is 0 Å². The Labute approximate surface area is 103 Å². The number of rotatable bonds is 1. The first kappa shape index (κ1) is 11.3. The SMILES string of the molecule is Cn1ccnc1C1(O)CCC2(CCCC2)CC1. The lowest BCUT2D eigenvalue weighted by atomic mass is 9.67. The van der Waals surface area contributed by atoms with Crippen LogP contribution < -0.4 is 0 Å². The van der Waals surface area contributed by atoms with Crippen molar-refractivity contribution in [1.29, 1.82) is 0 Å². The molecule has 3 heteroatoms. The molecule has 3 nitrogen and oxygen atoms in total. The van der Waals surface area contributed by atoms with Crippen molar-refractivity contribution in [3.63, 3.8) is 0 Å². The van der Waals surface area contributed by atoms with E-state index in [1.165, 1.54) is 38.5 Å². The van der Waals surface area contributed by atoms with Crippen LogP contribution in [-0.4, -0.2) is 14.7 Å². The molecule has 0 unspecified atom stereocenters. The molecule has 17 heavy (non-hydrogen) atoms. The molecule has 1 N–H and O–H groups in total. The van der Waals surface area contributed by atoms with Gasteiger partial charge in [0.1, 0.15) is 11.4 Å². The van der Waals surface area contributed by atoms with Crippen LogP contribution in [0.3, 0.4) is 0 Å². The molecule has 1 aromatic rings. The van der Waals surface area contributed by atoms with Gasteiger partial charge in [0.05, 0.1) is 0 Å². The fourth-order valence-corrected chi connectivity index (χ4v) is 3.86. The summed E-state index contributed by atoms with van der Waals surface area (Å²) >= 11 is 0. The molecule has 2 aliphatic rings. The van der Waals surface area contributed by atoms with Gasteiger partial charge in [-0.15, -0.1) is 0 Å². The van der Waals surface area contributed by atoms with Gasteiger partial charge >= 0.3 is 0 Å². The van der Waals surface area contributed by atoms with Gasteiger partial charge in [-0.1, -0.05) is 12.8 Å². The van der Waals surface area contributed by atoms with Gasteiger partial charge in [0.25, 0.3) is 0 Å². The van der Waals surface area contributed by atoms with Gasteiger partial charge < -0.3 is 9.67 Å². The number of aromatic nitrogens is 2. The molecule has 3 rings (SSSR count). The van der Waals surface area contributed by atoms with Crippen molar-refractivity contribution in [2.24, 2.45) is 12.5 Å². The maximum Gasteiger partial charge on any atom is 0.140 e. The predicted molar refractivity (Wildman–Crippen MR) is 66.5 cm³/mol. The summed E-state index contributed by atoms with van der Waals surface area (Å²) in [6, 6.07) is 0. The Hall–Kier alpha value is -0.830. The van der Waals surface area contributed by atoms with Crippen LogP contribution in [0, 0.1) is 5.41 Å². The smallest absolute Gasteiger partial charge is 0.140 e. The van der Waals surface area contributed by atoms with Crippen LogP contribution in [0.5, 0.6) is 0 Å². The lowest BCUT2D eigenvalue weighted by Gasteiger charge is -2.41. The van der Waals surface area contributed by atoms with Crippen LogP contribution in [0.15, 0.2) is 12.4 Å². The van der Waals surface area contributed by atoms with Crippen molar-refractivity contribution < 1.29 is 5.11 Å². The summed E-state index contributed by atoms with van der Waals surface area (Å²) < 4.78 is 1.96. The Morgan fingerprint density at radius 2 is 1.76 bits per heavy atom. The van der Waals surface area contributed by atoms with Crippen molar-refractivity contribution in [3.8, 4) is 0 Å². The van der Waals surface area contributed by atoms with Crippen LogP contribution in [0.2, 0.25) is 0 Å². The van der Waals surface area contributed by atoms with Crippen molar-refractivity contribution >= 4 is 0 Å². The Morgan fingerprint density at radius 3 is 2.29 bits per heavy atom. The zero-order valence-corrected chi connectivity index (χ0v) is 10.7. The largest absolute Gasteiger partial charge is 0.382 e. The monoisotopic (exact) mass is 234 g/mol. The average molecular weight is 234 g/mol. The van der Waals surface area contributed by atoms with Gasteiger partial charge in [-0.05, 0) is 43.9 Å². The molecule has 1 spiro atoms. The molecule has 2 fully saturated rings. The van der Waals surface area contributed by atoms with Gasteiger partial charge in [-0.2, -0.15) is 0 Å². The van der Waals surface area contributed by atoms with E-state index < -0.39 is 5.60 Å². The minimum atomic E-state index is -0.675. The van der Waals surface area contributed by atoms with E-state index in [1.54, 1.807) is 6.20 Å². The van der Waals surface area contributed by atoms with E-state index in [0.717, 1.165) is 18.7 Å². The molecule has 0 aliphatic heterocycles. The Kier molecular flexibility index (Phi) is 2.54. The van der Waals surface area contributed by atoms with E-state index in [9.17, 15) is 5.11 Å². The van der Waals surface area contributed by atoms with Gasteiger partial charge in [-0.3, -0.25) is 0 Å². The van der Waals surface area contributed by atoms with Crippen LogP contribution in [0.1, 0.15) is 57.2 Å². The third-order valence-corrected chi connectivity index (χ3v) is 5.04. The standard InChI is InChI=1S/C14H22N2O/c1-16-11-10-15-12(16)14(17)8-6-13(7-9-14)4-2-3-5-13/h10-11,17H,2-9H2,1H3. The third kappa shape index (κ3) is 1.81. The first-order chi connectivity index (χ1) is 8.14. The molecule has 0 radical (unpaired) electrons. The topological polar surface area (TPSA) is 38.0 Å². The van der Waals surface area contributed by atoms with Gasteiger partial charge in [0.15, 0.2) is 0 Å². The second-order valence-electron chi connectivity index (χ2n) is 6.10. The Morgan fingerprint density at radius 1 is 1.12 bits per heavy atom. The zero-order chi connectivity index (χ0) is 11.9. The number of hydrogen-bond donors (Lipinski definition) is 1. The fraction of sp³-hybridized carbons (Fsp3) is 0.786. The molecule has 1 aromatic heterocycles. The van der Waals surface area contributed by atoms with Crippen molar-refractivity contribution in [1.82, 2.24) is 9.55 Å². The minimum Gasteiger partial charge on any atom is -0.382 e. The van der Waals surface area contributed by atoms with Crippen molar-refractivity contribution in [2.75, 3.05) is 0 Å². The molecule has 0 aromatic carbocycles. The summed E-state index contributed by atoms with van der Waals surface area (Å²) in [4.78, 5) is 4.34. The van der Waals surface area contributed by atoms with E-state index in [2.05, 4.69) is 4.98 Å². The highest BCUT2D eigenvalue weighted by Crippen LogP contribution is 2.53. The normalized spacial score (nSPS) is 26.5. The molecule has 2 saturated carbocycles. The first-order valence-corrected chi connectivity index (χ1v) is 6.84. The summed E-state index contributed by atoms with van der Waals surface area (Å²) in [5.74, 6) is 0.852. The highest BCUT2D eigenvalue weighted by atomic mass is 16.3. The molecule has 0 atom stereocenters. The van der Waals surface area contributed by atoms with Crippen LogP contribution >= 0.6 is 0 Å². The summed E-state index contributed by atoms with van der Waals surface area (Å²) in [5, 5.41) is 10.8. The first-order valence-electron chi connectivity index (χ1n) is 6.84. The molecule has 0 saturated heterocycles.